The molecule has 2 heterocycles. The summed E-state index contributed by atoms with van der Waals surface area (Å²) in [7, 11) is 1.63. The molecule has 0 aliphatic rings. The third-order valence-electron chi connectivity index (χ3n) is 4.52. The van der Waals surface area contributed by atoms with Crippen molar-refractivity contribution in [1.82, 2.24) is 10.1 Å². The Morgan fingerprint density at radius 1 is 1.00 bits per heavy atom. The Labute approximate surface area is 172 Å². The van der Waals surface area contributed by atoms with E-state index >= 15 is 0 Å². The van der Waals surface area contributed by atoms with E-state index in [1.165, 1.54) is 11.3 Å². The number of rotatable bonds is 5. The van der Waals surface area contributed by atoms with Crippen LogP contribution >= 0.6 is 11.3 Å². The van der Waals surface area contributed by atoms with E-state index in [-0.39, 0.29) is 5.91 Å². The largest absolute Gasteiger partial charge is 0.497 e. The maximum absolute atomic E-state index is 13.0. The van der Waals surface area contributed by atoms with Gasteiger partial charge in [-0.1, -0.05) is 35.5 Å². The van der Waals surface area contributed by atoms with Crippen LogP contribution in [0.15, 0.2) is 59.1 Å². The van der Waals surface area contributed by atoms with Gasteiger partial charge in [-0.15, -0.1) is 11.3 Å². The Kier molecular flexibility index (Phi) is 5.14. The van der Waals surface area contributed by atoms with Crippen LogP contribution in [0.2, 0.25) is 0 Å². The minimum atomic E-state index is -0.294. The fourth-order valence-electron chi connectivity index (χ4n) is 3.06. The molecule has 0 spiro atoms. The van der Waals surface area contributed by atoms with Crippen molar-refractivity contribution in [3.05, 3.63) is 70.8 Å². The number of aryl methyl sites for hydroxylation is 2. The summed E-state index contributed by atoms with van der Waals surface area (Å²) < 4.78 is 10.5. The highest BCUT2D eigenvalue weighted by atomic mass is 32.1. The zero-order valence-electron chi connectivity index (χ0n) is 16.2. The summed E-state index contributed by atoms with van der Waals surface area (Å²) in [5.74, 6) is 0.953. The number of carbonyl (C=O) groups excluding carboxylic acids is 1. The van der Waals surface area contributed by atoms with Crippen LogP contribution in [0.5, 0.6) is 5.75 Å². The molecule has 0 aliphatic carbocycles. The summed E-state index contributed by atoms with van der Waals surface area (Å²) in [5, 5.41) is 7.49. The third kappa shape index (κ3) is 3.77. The Morgan fingerprint density at radius 3 is 2.38 bits per heavy atom. The number of benzene rings is 2. The maximum Gasteiger partial charge on any atom is 0.263 e. The molecule has 6 nitrogen and oxygen atoms in total. The molecule has 0 radical (unpaired) electrons. The molecule has 1 amide bonds. The second kappa shape index (κ2) is 7.89. The van der Waals surface area contributed by atoms with Crippen molar-refractivity contribution in [1.29, 1.82) is 0 Å². The second-order valence-electron chi connectivity index (χ2n) is 6.43. The Bertz CT molecular complexity index is 1150. The van der Waals surface area contributed by atoms with Crippen molar-refractivity contribution in [2.75, 3.05) is 12.4 Å². The highest BCUT2D eigenvalue weighted by molar-refractivity contribution is 7.16. The van der Waals surface area contributed by atoms with E-state index in [2.05, 4.69) is 15.5 Å². The molecule has 2 aromatic heterocycles. The van der Waals surface area contributed by atoms with E-state index in [0.29, 0.717) is 22.1 Å². The third-order valence-corrected chi connectivity index (χ3v) is 5.40. The molecule has 4 aromatic rings. The first kappa shape index (κ1) is 18.9. The molecular formula is C22H19N3O3S. The number of carbonyl (C=O) groups is 1. The normalized spacial score (nSPS) is 10.7. The molecule has 0 unspecified atom stereocenters. The van der Waals surface area contributed by atoms with Crippen molar-refractivity contribution < 1.29 is 14.1 Å². The zero-order valence-corrected chi connectivity index (χ0v) is 17.0. The van der Waals surface area contributed by atoms with Crippen LogP contribution in [0, 0.1) is 13.8 Å². The molecule has 0 atom stereocenters. The number of aromatic nitrogens is 2. The topological polar surface area (TPSA) is 77.2 Å². The van der Waals surface area contributed by atoms with Crippen molar-refractivity contribution in [2.24, 2.45) is 0 Å². The molecule has 7 heteroatoms. The summed E-state index contributed by atoms with van der Waals surface area (Å²) in [6.45, 7) is 3.71. The SMILES string of the molecule is COc1ccc(-c2nc(NC(=O)c3c(-c4ccccc4)noc3C)sc2C)cc1. The van der Waals surface area contributed by atoms with Crippen LogP contribution in [0.3, 0.4) is 0 Å². The molecule has 29 heavy (non-hydrogen) atoms. The minimum absolute atomic E-state index is 0.294. The van der Waals surface area contributed by atoms with Gasteiger partial charge in [0.15, 0.2) is 5.13 Å². The number of anilines is 1. The van der Waals surface area contributed by atoms with Gasteiger partial charge >= 0.3 is 0 Å². The fourth-order valence-corrected chi connectivity index (χ4v) is 3.89. The Hall–Kier alpha value is -3.45. The van der Waals surface area contributed by atoms with Crippen LogP contribution in [-0.4, -0.2) is 23.2 Å². The second-order valence-corrected chi connectivity index (χ2v) is 7.64. The van der Waals surface area contributed by atoms with Gasteiger partial charge in [0.1, 0.15) is 22.8 Å². The van der Waals surface area contributed by atoms with E-state index in [0.717, 1.165) is 27.4 Å². The van der Waals surface area contributed by atoms with E-state index in [4.69, 9.17) is 9.26 Å². The summed E-state index contributed by atoms with van der Waals surface area (Å²) >= 11 is 1.43. The molecule has 0 saturated heterocycles. The van der Waals surface area contributed by atoms with Crippen molar-refractivity contribution in [2.45, 2.75) is 13.8 Å². The van der Waals surface area contributed by atoms with Gasteiger partial charge in [0.25, 0.3) is 5.91 Å². The van der Waals surface area contributed by atoms with Gasteiger partial charge in [0.05, 0.1) is 12.8 Å². The number of nitrogens with zero attached hydrogens (tertiary/aromatic N) is 2. The number of hydrogen-bond acceptors (Lipinski definition) is 6. The first-order valence-corrected chi connectivity index (χ1v) is 9.83. The Balaban J connectivity index is 1.61. The molecule has 2 aromatic carbocycles. The number of hydrogen-bond donors (Lipinski definition) is 1. The highest BCUT2D eigenvalue weighted by Gasteiger charge is 2.23. The highest BCUT2D eigenvalue weighted by Crippen LogP contribution is 2.32. The molecule has 0 fully saturated rings. The van der Waals surface area contributed by atoms with Crippen LogP contribution < -0.4 is 10.1 Å². The number of nitrogens with one attached hydrogen (secondary N) is 1. The van der Waals surface area contributed by atoms with Gasteiger partial charge in [-0.05, 0) is 38.1 Å². The molecule has 0 aliphatic heterocycles. The van der Waals surface area contributed by atoms with Gasteiger partial charge in [-0.2, -0.15) is 0 Å². The van der Waals surface area contributed by atoms with Crippen LogP contribution in [0.4, 0.5) is 5.13 Å². The monoisotopic (exact) mass is 405 g/mol. The molecule has 0 bridgehead atoms. The van der Waals surface area contributed by atoms with E-state index in [1.807, 2.05) is 61.5 Å². The average molecular weight is 405 g/mol. The van der Waals surface area contributed by atoms with Gasteiger partial charge in [-0.3, -0.25) is 10.1 Å². The summed E-state index contributed by atoms with van der Waals surface area (Å²) in [4.78, 5) is 18.6. The molecule has 146 valence electrons. The lowest BCUT2D eigenvalue weighted by atomic mass is 10.1. The lowest BCUT2D eigenvalue weighted by Crippen LogP contribution is -2.13. The number of ether oxygens (including phenoxy) is 1. The van der Waals surface area contributed by atoms with Crippen LogP contribution in [0.1, 0.15) is 21.0 Å². The quantitative estimate of drug-likeness (QED) is 0.485. The maximum atomic E-state index is 13.0. The predicted octanol–water partition coefficient (Wildman–Crippen LogP) is 5.34. The van der Waals surface area contributed by atoms with Gasteiger partial charge in [0, 0.05) is 16.0 Å². The van der Waals surface area contributed by atoms with Gasteiger partial charge < -0.3 is 9.26 Å². The Morgan fingerprint density at radius 2 is 1.69 bits per heavy atom. The van der Waals surface area contributed by atoms with Gasteiger partial charge in [0.2, 0.25) is 0 Å². The fraction of sp³-hybridized carbons (Fsp3) is 0.136. The number of methoxy groups -OCH3 is 1. The van der Waals surface area contributed by atoms with E-state index in [9.17, 15) is 4.79 Å². The molecule has 0 saturated carbocycles. The first-order valence-electron chi connectivity index (χ1n) is 9.01. The van der Waals surface area contributed by atoms with Crippen molar-refractivity contribution in [3.8, 4) is 28.3 Å². The molecule has 1 N–H and O–H groups in total. The standard InChI is InChI=1S/C22H19N3O3S/c1-13-18(20(25-28-13)15-7-5-4-6-8-15)21(26)24-22-23-19(14(2)29-22)16-9-11-17(27-3)12-10-16/h4-12H,1-3H3,(H,23,24,26). The van der Waals surface area contributed by atoms with E-state index in [1.54, 1.807) is 14.0 Å². The van der Waals surface area contributed by atoms with Gasteiger partial charge in [-0.25, -0.2) is 4.98 Å². The number of thiazole rings is 1. The lowest BCUT2D eigenvalue weighted by Gasteiger charge is -2.03. The van der Waals surface area contributed by atoms with Crippen molar-refractivity contribution in [3.63, 3.8) is 0 Å². The molecule has 4 rings (SSSR count). The summed E-state index contributed by atoms with van der Waals surface area (Å²) in [6.07, 6.45) is 0. The molecular weight excluding hydrogens is 386 g/mol. The summed E-state index contributed by atoms with van der Waals surface area (Å²) in [5.41, 5.74) is 3.55. The zero-order chi connectivity index (χ0) is 20.4. The van der Waals surface area contributed by atoms with Crippen LogP contribution in [-0.2, 0) is 0 Å². The minimum Gasteiger partial charge on any atom is -0.497 e. The lowest BCUT2D eigenvalue weighted by molar-refractivity contribution is 0.102. The first-order chi connectivity index (χ1) is 14.1. The number of amides is 1. The summed E-state index contributed by atoms with van der Waals surface area (Å²) in [6, 6.07) is 17.2. The average Bonchev–Trinajstić information content (AvgIpc) is 3.31. The van der Waals surface area contributed by atoms with Crippen LogP contribution in [0.25, 0.3) is 22.5 Å². The smallest absolute Gasteiger partial charge is 0.263 e. The van der Waals surface area contributed by atoms with E-state index < -0.39 is 0 Å². The van der Waals surface area contributed by atoms with Crippen molar-refractivity contribution >= 4 is 22.4 Å². The predicted molar refractivity (Wildman–Crippen MR) is 113 cm³/mol.